The molecule has 34 heavy (non-hydrogen) atoms. The molecule has 0 saturated carbocycles. The van der Waals surface area contributed by atoms with Crippen LogP contribution >= 0.6 is 0 Å². The number of imidazole rings is 1. The van der Waals surface area contributed by atoms with Gasteiger partial charge in [-0.25, -0.2) is 9.37 Å². The number of benzene rings is 1. The Bertz CT molecular complexity index is 1120. The van der Waals surface area contributed by atoms with Crippen molar-refractivity contribution < 1.29 is 14.0 Å². The Morgan fingerprint density at radius 2 is 1.79 bits per heavy atom. The number of H-pyrrole nitrogens is 1. The van der Waals surface area contributed by atoms with Crippen molar-refractivity contribution in [2.75, 3.05) is 31.1 Å². The van der Waals surface area contributed by atoms with Crippen LogP contribution in [-0.2, 0) is 6.54 Å². The van der Waals surface area contributed by atoms with E-state index in [1.807, 2.05) is 0 Å². The normalized spacial score (nSPS) is 15.6. The summed E-state index contributed by atoms with van der Waals surface area (Å²) < 4.78 is 14.4. The molecule has 3 aromatic rings. The van der Waals surface area contributed by atoms with E-state index in [9.17, 15) is 14.0 Å². The average Bonchev–Trinajstić information content (AvgIpc) is 3.37. The van der Waals surface area contributed by atoms with E-state index in [0.29, 0.717) is 42.1 Å². The van der Waals surface area contributed by atoms with Gasteiger partial charge in [-0.05, 0) is 56.2 Å². The van der Waals surface area contributed by atoms with E-state index >= 15 is 0 Å². The number of fused-ring (bicyclic) bond motifs is 1. The summed E-state index contributed by atoms with van der Waals surface area (Å²) in [5.74, 6) is -0.817. The molecule has 0 fully saturated rings. The Balaban J connectivity index is 1.75. The Labute approximate surface area is 198 Å². The molecule has 9 heteroatoms. The fourth-order valence-electron chi connectivity index (χ4n) is 4.24. The molecular weight excluding hydrogens is 435 g/mol. The van der Waals surface area contributed by atoms with E-state index in [1.54, 1.807) is 40.4 Å². The average molecular weight is 465 g/mol. The first-order valence-electron chi connectivity index (χ1n) is 11.5. The summed E-state index contributed by atoms with van der Waals surface area (Å²) in [5.41, 5.74) is 2.05. The number of hydrogen-bond donors (Lipinski definition) is 1. The zero-order chi connectivity index (χ0) is 24.1. The number of amides is 2. The summed E-state index contributed by atoms with van der Waals surface area (Å²) >= 11 is 0. The third-order valence-electron chi connectivity index (χ3n) is 6.10. The van der Waals surface area contributed by atoms with Crippen molar-refractivity contribution in [2.24, 2.45) is 0 Å². The van der Waals surface area contributed by atoms with Crippen LogP contribution < -0.4 is 4.90 Å². The topological polar surface area (TPSA) is 85.4 Å². The molecule has 1 aromatic carbocycles. The first-order chi connectivity index (χ1) is 16.4. The lowest BCUT2D eigenvalue weighted by molar-refractivity contribution is 0.0706. The highest BCUT2D eigenvalue weighted by molar-refractivity contribution is 6.06. The van der Waals surface area contributed by atoms with Crippen molar-refractivity contribution in [1.82, 2.24) is 24.8 Å². The van der Waals surface area contributed by atoms with E-state index in [2.05, 4.69) is 33.7 Å². The quantitative estimate of drug-likeness (QED) is 0.643. The minimum Gasteiger partial charge on any atom is -0.341 e. The second-order valence-corrected chi connectivity index (χ2v) is 8.64. The smallest absolute Gasteiger partial charge is 0.272 e. The van der Waals surface area contributed by atoms with Crippen LogP contribution in [0.3, 0.4) is 0 Å². The Morgan fingerprint density at radius 3 is 2.50 bits per heavy atom. The Morgan fingerprint density at radius 1 is 1.00 bits per heavy atom. The summed E-state index contributed by atoms with van der Waals surface area (Å²) in [6, 6.07) is 8.01. The zero-order valence-electron chi connectivity index (χ0n) is 19.4. The molecule has 0 saturated heterocycles. The van der Waals surface area contributed by atoms with E-state index in [0.717, 1.165) is 13.0 Å². The van der Waals surface area contributed by atoms with Gasteiger partial charge >= 0.3 is 0 Å². The first kappa shape index (κ1) is 23.6. The number of nitrogens with one attached hydrogen (secondary N) is 1. The van der Waals surface area contributed by atoms with Crippen LogP contribution in [0.2, 0.25) is 0 Å². The van der Waals surface area contributed by atoms with E-state index < -0.39 is 5.82 Å². The second kappa shape index (κ2) is 10.6. The van der Waals surface area contributed by atoms with Crippen molar-refractivity contribution in [3.05, 3.63) is 77.9 Å². The summed E-state index contributed by atoms with van der Waals surface area (Å²) in [4.78, 5) is 43.3. The number of carbonyl (C=O) groups excluding carboxylic acids is 2. The van der Waals surface area contributed by atoms with Crippen LogP contribution in [-0.4, -0.2) is 68.8 Å². The highest BCUT2D eigenvalue weighted by Crippen LogP contribution is 2.27. The Hall–Kier alpha value is -3.59. The lowest BCUT2D eigenvalue weighted by atomic mass is 10.1. The largest absolute Gasteiger partial charge is 0.341 e. The standard InChI is InChI=1S/C25H29FN6O2/c1-18(2)30-10-3-11-32(24(33)19-6-8-27-9-7-19)23-5-4-21(26)14-20(23)16-31(13-12-30)25(34)22-15-28-17-29-22/h4-9,14-15,17-18H,3,10-13,16H2,1-2H3,(H,28,29). The number of anilines is 1. The number of nitrogens with zero attached hydrogens (tertiary/aromatic N) is 5. The van der Waals surface area contributed by atoms with Gasteiger partial charge in [-0.3, -0.25) is 19.5 Å². The number of rotatable bonds is 3. The lowest BCUT2D eigenvalue weighted by Gasteiger charge is -2.29. The molecule has 0 bridgehead atoms. The molecule has 3 heterocycles. The van der Waals surface area contributed by atoms with Gasteiger partial charge in [0.1, 0.15) is 11.5 Å². The summed E-state index contributed by atoms with van der Waals surface area (Å²) in [6.45, 7) is 6.76. The zero-order valence-corrected chi connectivity index (χ0v) is 19.4. The fraction of sp³-hybridized carbons (Fsp3) is 0.360. The maximum Gasteiger partial charge on any atom is 0.272 e. The SMILES string of the molecule is CC(C)N1CCCN(C(=O)c2ccncc2)c2ccc(F)cc2CN(C(=O)c2cnc[nH]2)CC1. The molecule has 2 aromatic heterocycles. The van der Waals surface area contributed by atoms with Gasteiger partial charge in [0.05, 0.1) is 12.5 Å². The molecule has 0 atom stereocenters. The van der Waals surface area contributed by atoms with Crippen molar-refractivity contribution in [1.29, 1.82) is 0 Å². The third kappa shape index (κ3) is 5.31. The van der Waals surface area contributed by atoms with Gasteiger partial charge in [0, 0.05) is 62.4 Å². The first-order valence-corrected chi connectivity index (χ1v) is 11.5. The van der Waals surface area contributed by atoms with E-state index in [-0.39, 0.29) is 24.4 Å². The van der Waals surface area contributed by atoms with Gasteiger partial charge in [-0.1, -0.05) is 0 Å². The van der Waals surface area contributed by atoms with Crippen LogP contribution in [0.4, 0.5) is 10.1 Å². The number of hydrogen-bond acceptors (Lipinski definition) is 5. The van der Waals surface area contributed by atoms with E-state index in [1.165, 1.54) is 24.7 Å². The molecule has 0 spiro atoms. The van der Waals surface area contributed by atoms with Gasteiger partial charge in [-0.2, -0.15) is 0 Å². The van der Waals surface area contributed by atoms with Gasteiger partial charge in [0.25, 0.3) is 11.8 Å². The monoisotopic (exact) mass is 464 g/mol. The van der Waals surface area contributed by atoms with Crippen LogP contribution in [0.15, 0.2) is 55.2 Å². The summed E-state index contributed by atoms with van der Waals surface area (Å²) in [5, 5.41) is 0. The molecule has 4 rings (SSSR count). The number of carbonyl (C=O) groups is 2. The molecule has 0 aliphatic carbocycles. The highest BCUT2D eigenvalue weighted by atomic mass is 19.1. The highest BCUT2D eigenvalue weighted by Gasteiger charge is 2.26. The molecule has 1 N–H and O–H groups in total. The van der Waals surface area contributed by atoms with E-state index in [4.69, 9.17) is 0 Å². The molecule has 178 valence electrons. The van der Waals surface area contributed by atoms with Crippen molar-refractivity contribution in [2.45, 2.75) is 32.9 Å². The molecule has 1 aliphatic heterocycles. The molecule has 8 nitrogen and oxygen atoms in total. The molecule has 0 unspecified atom stereocenters. The number of halogens is 1. The van der Waals surface area contributed by atoms with Crippen molar-refractivity contribution in [3.63, 3.8) is 0 Å². The van der Waals surface area contributed by atoms with Crippen LogP contribution in [0.5, 0.6) is 0 Å². The third-order valence-corrected chi connectivity index (χ3v) is 6.10. The van der Waals surface area contributed by atoms with Gasteiger partial charge in [0.15, 0.2) is 0 Å². The molecule has 1 aliphatic rings. The predicted octanol–water partition coefficient (Wildman–Crippen LogP) is 3.35. The van der Waals surface area contributed by atoms with Gasteiger partial charge in [0.2, 0.25) is 0 Å². The molecular formula is C25H29FN6O2. The summed E-state index contributed by atoms with van der Waals surface area (Å²) in [7, 11) is 0. The van der Waals surface area contributed by atoms with Crippen molar-refractivity contribution >= 4 is 17.5 Å². The summed E-state index contributed by atoms with van der Waals surface area (Å²) in [6.07, 6.45) is 6.84. The van der Waals surface area contributed by atoms with Gasteiger partial charge in [-0.15, -0.1) is 0 Å². The second-order valence-electron chi connectivity index (χ2n) is 8.64. The van der Waals surface area contributed by atoms with Crippen LogP contribution in [0.1, 0.15) is 46.7 Å². The number of pyridine rings is 1. The minimum absolute atomic E-state index is 0.164. The lowest BCUT2D eigenvalue weighted by Crippen LogP contribution is -2.41. The fourth-order valence-corrected chi connectivity index (χ4v) is 4.24. The van der Waals surface area contributed by atoms with Crippen LogP contribution in [0.25, 0.3) is 0 Å². The number of aromatic nitrogens is 3. The van der Waals surface area contributed by atoms with Gasteiger partial charge < -0.3 is 14.8 Å². The number of aromatic amines is 1. The van der Waals surface area contributed by atoms with Crippen LogP contribution in [0, 0.1) is 5.82 Å². The molecule has 0 radical (unpaired) electrons. The van der Waals surface area contributed by atoms with Crippen molar-refractivity contribution in [3.8, 4) is 0 Å². The maximum atomic E-state index is 14.4. The minimum atomic E-state index is -0.414. The predicted molar refractivity (Wildman–Crippen MR) is 127 cm³/mol. The Kier molecular flexibility index (Phi) is 7.32. The maximum absolute atomic E-state index is 14.4. The molecule has 2 amide bonds.